The molecule has 174 valence electrons. The summed E-state index contributed by atoms with van der Waals surface area (Å²) in [4.78, 5) is 18.8. The second-order valence-corrected chi connectivity index (χ2v) is 8.77. The topological polar surface area (TPSA) is 58.4 Å². The first-order chi connectivity index (χ1) is 16.0. The quantitative estimate of drug-likeness (QED) is 0.516. The van der Waals surface area contributed by atoms with Crippen LogP contribution in [0.25, 0.3) is 11.3 Å². The van der Waals surface area contributed by atoms with Crippen LogP contribution in [0.15, 0.2) is 53.1 Å². The molecule has 1 aromatic heterocycles. The van der Waals surface area contributed by atoms with Crippen LogP contribution in [0.1, 0.15) is 43.2 Å². The van der Waals surface area contributed by atoms with Gasteiger partial charge in [-0.05, 0) is 55.1 Å². The van der Waals surface area contributed by atoms with E-state index < -0.39 is 11.6 Å². The van der Waals surface area contributed by atoms with Crippen LogP contribution in [0, 0.1) is 17.6 Å². The highest BCUT2D eigenvalue weighted by atomic mass is 19.1. The third-order valence-corrected chi connectivity index (χ3v) is 6.12. The van der Waals surface area contributed by atoms with E-state index >= 15 is 0 Å². The second kappa shape index (κ2) is 10.7. The van der Waals surface area contributed by atoms with Crippen molar-refractivity contribution in [3.8, 4) is 11.3 Å². The molecule has 2 aromatic carbocycles. The van der Waals surface area contributed by atoms with Crippen LogP contribution in [-0.2, 0) is 24.3 Å². The number of aromatic nitrogens is 1. The van der Waals surface area contributed by atoms with Crippen molar-refractivity contribution in [2.45, 2.75) is 45.7 Å². The first-order valence-corrected chi connectivity index (χ1v) is 11.4. The molecule has 1 aliphatic rings. The number of benzene rings is 2. The SMILES string of the molecule is CC1CCN(Cc2ccc(CNC(=O)CCc3ncc(-c4c(F)cccc4F)o3)cc2)CC1. The average Bonchev–Trinajstić information content (AvgIpc) is 3.27. The van der Waals surface area contributed by atoms with Gasteiger partial charge in [-0.2, -0.15) is 0 Å². The van der Waals surface area contributed by atoms with Gasteiger partial charge in [-0.1, -0.05) is 37.3 Å². The third-order valence-electron chi connectivity index (χ3n) is 6.12. The number of piperidine rings is 1. The molecule has 4 rings (SSSR count). The number of carbonyl (C=O) groups is 1. The molecule has 0 spiro atoms. The first-order valence-electron chi connectivity index (χ1n) is 11.4. The lowest BCUT2D eigenvalue weighted by Gasteiger charge is -2.30. The summed E-state index contributed by atoms with van der Waals surface area (Å²) in [6.45, 7) is 6.03. The summed E-state index contributed by atoms with van der Waals surface area (Å²) in [5, 5.41) is 2.89. The number of likely N-dealkylation sites (tertiary alicyclic amines) is 1. The largest absolute Gasteiger partial charge is 0.441 e. The van der Waals surface area contributed by atoms with Crippen LogP contribution in [0.5, 0.6) is 0 Å². The van der Waals surface area contributed by atoms with E-state index in [4.69, 9.17) is 4.42 Å². The maximum atomic E-state index is 13.9. The van der Waals surface area contributed by atoms with Crippen molar-refractivity contribution in [1.82, 2.24) is 15.2 Å². The van der Waals surface area contributed by atoms with Gasteiger partial charge < -0.3 is 9.73 Å². The Morgan fingerprint density at radius 1 is 1.09 bits per heavy atom. The molecule has 0 bridgehead atoms. The van der Waals surface area contributed by atoms with Crippen molar-refractivity contribution in [2.75, 3.05) is 13.1 Å². The monoisotopic (exact) mass is 453 g/mol. The van der Waals surface area contributed by atoms with E-state index in [1.807, 2.05) is 12.1 Å². The number of oxazole rings is 1. The Bertz CT molecular complexity index is 1050. The smallest absolute Gasteiger partial charge is 0.220 e. The standard InChI is InChI=1S/C26H29F2N3O2/c1-18-11-13-31(14-12-18)17-20-7-5-19(6-8-20)15-29-24(32)9-10-25-30-16-23(33-25)26-21(27)3-2-4-22(26)28/h2-8,16,18H,9-15,17H2,1H3,(H,29,32). The fraction of sp³-hybridized carbons (Fsp3) is 0.385. The summed E-state index contributed by atoms with van der Waals surface area (Å²) in [5.41, 5.74) is 2.07. The van der Waals surface area contributed by atoms with Gasteiger partial charge >= 0.3 is 0 Å². The molecule has 1 aliphatic heterocycles. The molecular weight excluding hydrogens is 424 g/mol. The summed E-state index contributed by atoms with van der Waals surface area (Å²) in [5.74, 6) is -0.468. The van der Waals surface area contributed by atoms with E-state index in [-0.39, 0.29) is 36.0 Å². The minimum absolute atomic E-state index is 0.0140. The zero-order chi connectivity index (χ0) is 23.2. The minimum atomic E-state index is -0.716. The highest BCUT2D eigenvalue weighted by molar-refractivity contribution is 5.76. The molecule has 1 N–H and O–H groups in total. The summed E-state index contributed by atoms with van der Waals surface area (Å²) < 4.78 is 33.2. The van der Waals surface area contributed by atoms with E-state index in [2.05, 4.69) is 34.3 Å². The van der Waals surface area contributed by atoms with Gasteiger partial charge in [-0.25, -0.2) is 13.8 Å². The Balaban J connectivity index is 1.22. The Morgan fingerprint density at radius 3 is 2.45 bits per heavy atom. The lowest BCUT2D eigenvalue weighted by Crippen LogP contribution is -2.32. The summed E-state index contributed by atoms with van der Waals surface area (Å²) in [6, 6.07) is 11.9. The van der Waals surface area contributed by atoms with Crippen LogP contribution in [-0.4, -0.2) is 28.9 Å². The zero-order valence-electron chi connectivity index (χ0n) is 18.8. The van der Waals surface area contributed by atoms with Crippen LogP contribution < -0.4 is 5.32 Å². The van der Waals surface area contributed by atoms with Crippen LogP contribution >= 0.6 is 0 Å². The van der Waals surface area contributed by atoms with Crippen molar-refractivity contribution in [3.05, 3.63) is 77.3 Å². The maximum absolute atomic E-state index is 13.9. The average molecular weight is 454 g/mol. The van der Waals surface area contributed by atoms with E-state index in [9.17, 15) is 13.6 Å². The Kier molecular flexibility index (Phi) is 7.50. The number of hydrogen-bond acceptors (Lipinski definition) is 4. The van der Waals surface area contributed by atoms with Gasteiger partial charge in [0.2, 0.25) is 5.91 Å². The number of carbonyl (C=O) groups excluding carboxylic acids is 1. The van der Waals surface area contributed by atoms with Crippen molar-refractivity contribution in [3.63, 3.8) is 0 Å². The molecule has 1 saturated heterocycles. The van der Waals surface area contributed by atoms with Crippen LogP contribution in [0.2, 0.25) is 0 Å². The van der Waals surface area contributed by atoms with Crippen molar-refractivity contribution in [2.24, 2.45) is 5.92 Å². The number of rotatable bonds is 8. The van der Waals surface area contributed by atoms with E-state index in [1.54, 1.807) is 0 Å². The van der Waals surface area contributed by atoms with Crippen molar-refractivity contribution >= 4 is 5.91 Å². The fourth-order valence-electron chi connectivity index (χ4n) is 4.03. The first kappa shape index (κ1) is 23.1. The van der Waals surface area contributed by atoms with E-state index in [0.29, 0.717) is 6.54 Å². The molecule has 0 radical (unpaired) electrons. The summed E-state index contributed by atoms with van der Waals surface area (Å²) in [7, 11) is 0. The van der Waals surface area contributed by atoms with Gasteiger partial charge in [0.25, 0.3) is 0 Å². The molecule has 0 unspecified atom stereocenters. The van der Waals surface area contributed by atoms with Gasteiger partial charge in [0.1, 0.15) is 11.6 Å². The second-order valence-electron chi connectivity index (χ2n) is 8.77. The van der Waals surface area contributed by atoms with Crippen molar-refractivity contribution in [1.29, 1.82) is 0 Å². The Labute approximate surface area is 192 Å². The Hall–Kier alpha value is -3.06. The lowest BCUT2D eigenvalue weighted by molar-refractivity contribution is -0.121. The predicted octanol–water partition coefficient (Wildman–Crippen LogP) is 5.10. The highest BCUT2D eigenvalue weighted by Crippen LogP contribution is 2.26. The molecule has 0 atom stereocenters. The van der Waals surface area contributed by atoms with Gasteiger partial charge in [0, 0.05) is 25.9 Å². The third kappa shape index (κ3) is 6.26. The van der Waals surface area contributed by atoms with Gasteiger partial charge in [0.05, 0.1) is 11.8 Å². The normalized spacial score (nSPS) is 15.0. The predicted molar refractivity (Wildman–Crippen MR) is 122 cm³/mol. The molecule has 3 aromatic rings. The van der Waals surface area contributed by atoms with Crippen molar-refractivity contribution < 1.29 is 18.0 Å². The highest BCUT2D eigenvalue weighted by Gasteiger charge is 2.17. The lowest BCUT2D eigenvalue weighted by atomic mass is 9.99. The van der Waals surface area contributed by atoms with Gasteiger partial charge in [-0.15, -0.1) is 0 Å². The molecule has 0 aliphatic carbocycles. The van der Waals surface area contributed by atoms with Crippen LogP contribution in [0.3, 0.4) is 0 Å². The van der Waals surface area contributed by atoms with Crippen LogP contribution in [0.4, 0.5) is 8.78 Å². The summed E-state index contributed by atoms with van der Waals surface area (Å²) >= 11 is 0. The molecule has 7 heteroatoms. The number of hydrogen-bond donors (Lipinski definition) is 1. The maximum Gasteiger partial charge on any atom is 0.220 e. The number of halogens is 2. The van der Waals surface area contributed by atoms with E-state index in [1.165, 1.54) is 30.7 Å². The fourth-order valence-corrected chi connectivity index (χ4v) is 4.03. The number of amides is 1. The number of nitrogens with one attached hydrogen (secondary N) is 1. The summed E-state index contributed by atoms with van der Waals surface area (Å²) in [6.07, 6.45) is 4.22. The Morgan fingerprint density at radius 2 is 1.76 bits per heavy atom. The zero-order valence-corrected chi connectivity index (χ0v) is 18.8. The van der Waals surface area contributed by atoms with Gasteiger partial charge in [-0.3, -0.25) is 9.69 Å². The number of aryl methyl sites for hydroxylation is 1. The molecule has 1 amide bonds. The molecule has 5 nitrogen and oxygen atoms in total. The molecule has 1 fully saturated rings. The van der Waals surface area contributed by atoms with Gasteiger partial charge in [0.15, 0.2) is 11.7 Å². The number of nitrogens with zero attached hydrogens (tertiary/aromatic N) is 2. The molecule has 0 saturated carbocycles. The minimum Gasteiger partial charge on any atom is -0.441 e. The van der Waals surface area contributed by atoms with E-state index in [0.717, 1.165) is 43.2 Å². The molecule has 33 heavy (non-hydrogen) atoms. The molecular formula is C26H29F2N3O2. The molecule has 2 heterocycles.